The Morgan fingerprint density at radius 2 is 2.00 bits per heavy atom. The number of anilines is 2. The normalized spacial score (nSPS) is 10.5. The second-order valence-corrected chi connectivity index (χ2v) is 2.83. The molecule has 0 fully saturated rings. The van der Waals surface area contributed by atoms with Gasteiger partial charge >= 0.3 is 0 Å². The lowest BCUT2D eigenvalue weighted by atomic mass is 10.2. The Morgan fingerprint density at radius 3 is 2.77 bits per heavy atom. The second kappa shape index (κ2) is 2.55. The third kappa shape index (κ3) is 1.24. The summed E-state index contributed by atoms with van der Waals surface area (Å²) in [6, 6.07) is 1.78. The first-order valence-electron chi connectivity index (χ1n) is 3.82. The molecule has 0 saturated heterocycles. The maximum absolute atomic E-state index is 5.56. The molecule has 0 aliphatic rings. The van der Waals surface area contributed by atoms with Crippen LogP contribution in [0.1, 0.15) is 5.56 Å². The van der Waals surface area contributed by atoms with Crippen LogP contribution in [0.2, 0.25) is 0 Å². The maximum Gasteiger partial charge on any atom is 0.222 e. The standard InChI is InChI=1S/C8H9N5/c1-4-2-6(9)12-7-5(4)3-11-8(10)13-7/h2-3H,1H3,(H4,9,10,11,12,13). The summed E-state index contributed by atoms with van der Waals surface area (Å²) in [5, 5.41) is 0.878. The summed E-state index contributed by atoms with van der Waals surface area (Å²) in [6.07, 6.45) is 1.65. The Bertz CT molecular complexity index is 460. The zero-order valence-corrected chi connectivity index (χ0v) is 7.15. The van der Waals surface area contributed by atoms with E-state index in [2.05, 4.69) is 15.0 Å². The molecule has 0 atom stereocenters. The highest BCUT2D eigenvalue weighted by atomic mass is 15.0. The lowest BCUT2D eigenvalue weighted by Gasteiger charge is -2.01. The highest BCUT2D eigenvalue weighted by molar-refractivity contribution is 5.80. The van der Waals surface area contributed by atoms with Crippen molar-refractivity contribution in [3.63, 3.8) is 0 Å². The maximum atomic E-state index is 5.56. The van der Waals surface area contributed by atoms with E-state index in [9.17, 15) is 0 Å². The van der Waals surface area contributed by atoms with E-state index >= 15 is 0 Å². The van der Waals surface area contributed by atoms with E-state index in [-0.39, 0.29) is 5.95 Å². The van der Waals surface area contributed by atoms with Crippen LogP contribution in [0.5, 0.6) is 0 Å². The minimum Gasteiger partial charge on any atom is -0.384 e. The van der Waals surface area contributed by atoms with E-state index in [4.69, 9.17) is 11.5 Å². The van der Waals surface area contributed by atoms with E-state index in [1.807, 2.05) is 6.92 Å². The number of nitrogens with zero attached hydrogens (tertiary/aromatic N) is 3. The summed E-state index contributed by atoms with van der Waals surface area (Å²) in [7, 11) is 0. The summed E-state index contributed by atoms with van der Waals surface area (Å²) in [5.41, 5.74) is 12.5. The largest absolute Gasteiger partial charge is 0.384 e. The molecule has 2 heterocycles. The number of aryl methyl sites for hydroxylation is 1. The molecular weight excluding hydrogens is 166 g/mol. The van der Waals surface area contributed by atoms with Crippen LogP contribution < -0.4 is 11.5 Å². The van der Waals surface area contributed by atoms with Gasteiger partial charge in [0.2, 0.25) is 5.95 Å². The smallest absolute Gasteiger partial charge is 0.222 e. The molecule has 4 N–H and O–H groups in total. The van der Waals surface area contributed by atoms with Gasteiger partial charge < -0.3 is 11.5 Å². The molecule has 66 valence electrons. The predicted molar refractivity (Wildman–Crippen MR) is 50.9 cm³/mol. The van der Waals surface area contributed by atoms with Crippen LogP contribution in [0.4, 0.5) is 11.8 Å². The van der Waals surface area contributed by atoms with E-state index < -0.39 is 0 Å². The second-order valence-electron chi connectivity index (χ2n) is 2.83. The average Bonchev–Trinajstić information content (AvgIpc) is 2.02. The molecule has 0 aliphatic heterocycles. The average molecular weight is 175 g/mol. The first-order chi connectivity index (χ1) is 6.16. The van der Waals surface area contributed by atoms with Gasteiger partial charge in [-0.3, -0.25) is 0 Å². The van der Waals surface area contributed by atoms with Gasteiger partial charge in [-0.1, -0.05) is 0 Å². The summed E-state index contributed by atoms with van der Waals surface area (Å²) in [6.45, 7) is 1.93. The minimum absolute atomic E-state index is 0.213. The van der Waals surface area contributed by atoms with Gasteiger partial charge in [0.25, 0.3) is 0 Å². The van der Waals surface area contributed by atoms with Crippen LogP contribution in [0, 0.1) is 6.92 Å². The van der Waals surface area contributed by atoms with Gasteiger partial charge in [-0.25, -0.2) is 9.97 Å². The Balaban J connectivity index is 2.86. The van der Waals surface area contributed by atoms with Crippen LogP contribution in [-0.4, -0.2) is 15.0 Å². The SMILES string of the molecule is Cc1cc(N)nc2nc(N)ncc12. The first-order valence-corrected chi connectivity index (χ1v) is 3.82. The number of nitrogens with two attached hydrogens (primary N) is 2. The number of nitrogen functional groups attached to an aromatic ring is 2. The van der Waals surface area contributed by atoms with Gasteiger partial charge in [-0.05, 0) is 18.6 Å². The fourth-order valence-electron chi connectivity index (χ4n) is 1.20. The van der Waals surface area contributed by atoms with Crippen LogP contribution >= 0.6 is 0 Å². The number of hydrogen-bond acceptors (Lipinski definition) is 5. The van der Waals surface area contributed by atoms with Gasteiger partial charge in [0, 0.05) is 11.6 Å². The van der Waals surface area contributed by atoms with Crippen molar-refractivity contribution in [2.75, 3.05) is 11.5 Å². The van der Waals surface area contributed by atoms with Crippen molar-refractivity contribution in [3.8, 4) is 0 Å². The molecule has 0 amide bonds. The highest BCUT2D eigenvalue weighted by Crippen LogP contribution is 2.16. The van der Waals surface area contributed by atoms with Crippen molar-refractivity contribution < 1.29 is 0 Å². The van der Waals surface area contributed by atoms with Crippen molar-refractivity contribution >= 4 is 22.8 Å². The Labute approximate surface area is 74.8 Å². The van der Waals surface area contributed by atoms with Gasteiger partial charge in [0.05, 0.1) is 0 Å². The number of hydrogen-bond donors (Lipinski definition) is 2. The predicted octanol–water partition coefficient (Wildman–Crippen LogP) is 0.498. The number of pyridine rings is 1. The number of rotatable bonds is 0. The molecule has 2 aromatic heterocycles. The molecule has 0 aliphatic carbocycles. The minimum atomic E-state index is 0.213. The molecule has 2 rings (SSSR count). The van der Waals surface area contributed by atoms with Crippen LogP contribution in [0.3, 0.4) is 0 Å². The van der Waals surface area contributed by atoms with E-state index in [0.717, 1.165) is 10.9 Å². The highest BCUT2D eigenvalue weighted by Gasteiger charge is 2.02. The van der Waals surface area contributed by atoms with E-state index in [1.54, 1.807) is 12.3 Å². The lowest BCUT2D eigenvalue weighted by molar-refractivity contribution is 1.19. The van der Waals surface area contributed by atoms with Gasteiger partial charge in [0.15, 0.2) is 5.65 Å². The summed E-state index contributed by atoms with van der Waals surface area (Å²) in [5.74, 6) is 0.660. The third-order valence-corrected chi connectivity index (χ3v) is 1.81. The topological polar surface area (TPSA) is 90.7 Å². The van der Waals surface area contributed by atoms with Crippen molar-refractivity contribution in [1.82, 2.24) is 15.0 Å². The fourth-order valence-corrected chi connectivity index (χ4v) is 1.20. The van der Waals surface area contributed by atoms with E-state index in [1.165, 1.54) is 0 Å². The Morgan fingerprint density at radius 1 is 1.23 bits per heavy atom. The summed E-state index contributed by atoms with van der Waals surface area (Å²) in [4.78, 5) is 11.9. The van der Waals surface area contributed by atoms with Gasteiger partial charge in [-0.15, -0.1) is 0 Å². The van der Waals surface area contributed by atoms with Crippen molar-refractivity contribution in [1.29, 1.82) is 0 Å². The quantitative estimate of drug-likeness (QED) is 0.608. The molecule has 0 radical (unpaired) electrons. The Hall–Kier alpha value is -1.91. The molecule has 2 aromatic rings. The fraction of sp³-hybridized carbons (Fsp3) is 0.125. The lowest BCUT2D eigenvalue weighted by Crippen LogP contribution is -1.99. The molecule has 0 saturated carbocycles. The van der Waals surface area contributed by atoms with Crippen LogP contribution in [-0.2, 0) is 0 Å². The molecule has 5 nitrogen and oxygen atoms in total. The first kappa shape index (κ1) is 7.72. The number of fused-ring (bicyclic) bond motifs is 1. The van der Waals surface area contributed by atoms with Crippen molar-refractivity contribution in [3.05, 3.63) is 17.8 Å². The zero-order chi connectivity index (χ0) is 9.42. The van der Waals surface area contributed by atoms with Crippen LogP contribution in [0.25, 0.3) is 11.0 Å². The molecule has 0 spiro atoms. The van der Waals surface area contributed by atoms with Gasteiger partial charge in [0.1, 0.15) is 5.82 Å². The number of aromatic nitrogens is 3. The van der Waals surface area contributed by atoms with Crippen molar-refractivity contribution in [2.45, 2.75) is 6.92 Å². The molecule has 0 unspecified atom stereocenters. The summed E-state index contributed by atoms with van der Waals surface area (Å²) < 4.78 is 0. The van der Waals surface area contributed by atoms with E-state index in [0.29, 0.717) is 11.5 Å². The van der Waals surface area contributed by atoms with Crippen molar-refractivity contribution in [2.24, 2.45) is 0 Å². The Kier molecular flexibility index (Phi) is 1.51. The monoisotopic (exact) mass is 175 g/mol. The molecule has 5 heteroatoms. The van der Waals surface area contributed by atoms with Gasteiger partial charge in [-0.2, -0.15) is 4.98 Å². The molecular formula is C8H9N5. The zero-order valence-electron chi connectivity index (χ0n) is 7.15. The molecule has 0 bridgehead atoms. The molecule has 0 aromatic carbocycles. The third-order valence-electron chi connectivity index (χ3n) is 1.81. The summed E-state index contributed by atoms with van der Waals surface area (Å²) >= 11 is 0. The van der Waals surface area contributed by atoms with Crippen LogP contribution in [0.15, 0.2) is 12.3 Å². The molecule has 13 heavy (non-hydrogen) atoms.